The first-order valence-electron chi connectivity index (χ1n) is 7.70. The monoisotopic (exact) mass is 315 g/mol. The maximum absolute atomic E-state index is 12.3. The molecule has 6 heteroatoms. The zero-order valence-corrected chi connectivity index (χ0v) is 13.6. The van der Waals surface area contributed by atoms with Crippen LogP contribution < -0.4 is 14.8 Å². The third kappa shape index (κ3) is 4.42. The van der Waals surface area contributed by atoms with Gasteiger partial charge in [0.15, 0.2) is 0 Å². The minimum atomic E-state index is -0.235. The van der Waals surface area contributed by atoms with E-state index >= 15 is 0 Å². The molecular weight excluding hydrogens is 294 g/mol. The number of benzene rings is 1. The minimum Gasteiger partial charge on any atom is -0.476 e. The van der Waals surface area contributed by atoms with Crippen molar-refractivity contribution in [2.75, 3.05) is 18.5 Å². The Morgan fingerprint density at radius 3 is 2.39 bits per heavy atom. The molecule has 1 heterocycles. The van der Waals surface area contributed by atoms with Gasteiger partial charge in [-0.3, -0.25) is 4.79 Å². The highest BCUT2D eigenvalue weighted by Crippen LogP contribution is 2.24. The van der Waals surface area contributed by atoms with Gasteiger partial charge in [-0.25, -0.2) is 4.98 Å². The number of carbonyl (C=O) groups excluding carboxylic acids is 1. The topological polar surface area (TPSA) is 73.3 Å². The number of nitrogens with zero attached hydrogens (tertiary/aromatic N) is 2. The summed E-state index contributed by atoms with van der Waals surface area (Å²) in [5, 5.41) is 2.77. The smallest absolute Gasteiger partial charge is 0.319 e. The molecule has 0 saturated carbocycles. The van der Waals surface area contributed by atoms with E-state index in [1.165, 1.54) is 11.8 Å². The maximum Gasteiger partial charge on any atom is 0.319 e. The first-order chi connectivity index (χ1) is 11.2. The predicted octanol–water partition coefficient (Wildman–Crippen LogP) is 3.09. The number of rotatable bonds is 7. The van der Waals surface area contributed by atoms with Gasteiger partial charge < -0.3 is 14.8 Å². The molecule has 1 aromatic carbocycles. The van der Waals surface area contributed by atoms with Crippen molar-refractivity contribution in [2.24, 2.45) is 0 Å². The Bertz CT molecular complexity index is 657. The number of nitrogens with one attached hydrogen (secondary N) is 1. The molecule has 2 rings (SSSR count). The molecular formula is C17H21N3O3. The standard InChI is InChI=1S/C17H21N3O3/c1-4-12-7-9-13(10-8-12)15(21)19-14-11-18-17(23-6-3)20-16(14)22-5-2/h7-11H,4-6H2,1-3H3,(H,19,21). The second-order valence-corrected chi connectivity index (χ2v) is 4.74. The lowest BCUT2D eigenvalue weighted by Gasteiger charge is -2.11. The summed E-state index contributed by atoms with van der Waals surface area (Å²) < 4.78 is 10.7. The molecule has 1 aromatic heterocycles. The van der Waals surface area contributed by atoms with Gasteiger partial charge in [0.25, 0.3) is 5.91 Å². The number of carbonyl (C=O) groups is 1. The van der Waals surface area contributed by atoms with Crippen LogP contribution in [0.25, 0.3) is 0 Å². The molecule has 0 aliphatic heterocycles. The van der Waals surface area contributed by atoms with Crippen LogP contribution >= 0.6 is 0 Å². The molecule has 1 amide bonds. The Morgan fingerprint density at radius 1 is 1.09 bits per heavy atom. The van der Waals surface area contributed by atoms with Gasteiger partial charge in [0, 0.05) is 5.56 Å². The lowest BCUT2D eigenvalue weighted by Crippen LogP contribution is -2.14. The summed E-state index contributed by atoms with van der Waals surface area (Å²) in [6.45, 7) is 6.65. The van der Waals surface area contributed by atoms with E-state index in [4.69, 9.17) is 9.47 Å². The normalized spacial score (nSPS) is 10.2. The minimum absolute atomic E-state index is 0.223. The Morgan fingerprint density at radius 2 is 1.78 bits per heavy atom. The fraction of sp³-hybridized carbons (Fsp3) is 0.353. The second kappa shape index (κ2) is 8.12. The molecule has 122 valence electrons. The predicted molar refractivity (Wildman–Crippen MR) is 88.1 cm³/mol. The second-order valence-electron chi connectivity index (χ2n) is 4.74. The van der Waals surface area contributed by atoms with Gasteiger partial charge in [0.2, 0.25) is 5.88 Å². The number of amides is 1. The summed E-state index contributed by atoms with van der Waals surface area (Å²) in [5.41, 5.74) is 2.17. The van der Waals surface area contributed by atoms with Gasteiger partial charge in [-0.2, -0.15) is 4.98 Å². The van der Waals surface area contributed by atoms with Gasteiger partial charge in [0.1, 0.15) is 5.69 Å². The molecule has 23 heavy (non-hydrogen) atoms. The van der Waals surface area contributed by atoms with E-state index in [1.54, 1.807) is 12.1 Å². The highest BCUT2D eigenvalue weighted by molar-refractivity contribution is 6.04. The van der Waals surface area contributed by atoms with Crippen LogP contribution in [-0.2, 0) is 6.42 Å². The summed E-state index contributed by atoms with van der Waals surface area (Å²) >= 11 is 0. The SMILES string of the molecule is CCOc1ncc(NC(=O)c2ccc(CC)cc2)c(OCC)n1. The lowest BCUT2D eigenvalue weighted by molar-refractivity contribution is 0.102. The van der Waals surface area contributed by atoms with Crippen molar-refractivity contribution in [3.05, 3.63) is 41.6 Å². The van der Waals surface area contributed by atoms with E-state index in [9.17, 15) is 4.79 Å². The zero-order valence-electron chi connectivity index (χ0n) is 13.6. The van der Waals surface area contributed by atoms with Crippen LogP contribution in [0.4, 0.5) is 5.69 Å². The molecule has 0 radical (unpaired) electrons. The average Bonchev–Trinajstić information content (AvgIpc) is 2.57. The third-order valence-electron chi connectivity index (χ3n) is 3.16. The van der Waals surface area contributed by atoms with Crippen LogP contribution in [0.1, 0.15) is 36.7 Å². The Labute approximate surface area is 135 Å². The number of hydrogen-bond acceptors (Lipinski definition) is 5. The van der Waals surface area contributed by atoms with Crippen molar-refractivity contribution in [1.29, 1.82) is 0 Å². The fourth-order valence-corrected chi connectivity index (χ4v) is 1.97. The van der Waals surface area contributed by atoms with E-state index in [0.717, 1.165) is 6.42 Å². The molecule has 6 nitrogen and oxygen atoms in total. The number of aromatic nitrogens is 2. The Kier molecular flexibility index (Phi) is 5.91. The van der Waals surface area contributed by atoms with Crippen LogP contribution in [0.3, 0.4) is 0 Å². The van der Waals surface area contributed by atoms with Gasteiger partial charge >= 0.3 is 6.01 Å². The molecule has 1 N–H and O–H groups in total. The van der Waals surface area contributed by atoms with Crippen molar-refractivity contribution in [3.63, 3.8) is 0 Å². The van der Waals surface area contributed by atoms with Crippen LogP contribution in [-0.4, -0.2) is 29.1 Å². The maximum atomic E-state index is 12.3. The third-order valence-corrected chi connectivity index (χ3v) is 3.16. The van der Waals surface area contributed by atoms with Gasteiger partial charge in [0.05, 0.1) is 19.4 Å². The molecule has 0 aliphatic carbocycles. The number of anilines is 1. The molecule has 0 bridgehead atoms. The van der Waals surface area contributed by atoms with Crippen molar-refractivity contribution in [2.45, 2.75) is 27.2 Å². The molecule has 0 saturated heterocycles. The van der Waals surface area contributed by atoms with Gasteiger partial charge in [-0.05, 0) is 38.0 Å². The molecule has 2 aromatic rings. The van der Waals surface area contributed by atoms with Crippen molar-refractivity contribution < 1.29 is 14.3 Å². The van der Waals surface area contributed by atoms with Gasteiger partial charge in [-0.1, -0.05) is 19.1 Å². The van der Waals surface area contributed by atoms with Crippen LogP contribution in [0.15, 0.2) is 30.5 Å². The van der Waals surface area contributed by atoms with Crippen LogP contribution in [0, 0.1) is 0 Å². The van der Waals surface area contributed by atoms with E-state index < -0.39 is 0 Å². The highest BCUT2D eigenvalue weighted by Gasteiger charge is 2.13. The molecule has 0 fully saturated rings. The summed E-state index contributed by atoms with van der Waals surface area (Å²) in [5.74, 6) is 0.0610. The number of ether oxygens (including phenoxy) is 2. The van der Waals surface area contributed by atoms with E-state index in [0.29, 0.717) is 30.3 Å². The Balaban J connectivity index is 2.18. The lowest BCUT2D eigenvalue weighted by atomic mass is 10.1. The average molecular weight is 315 g/mol. The van der Waals surface area contributed by atoms with Crippen LogP contribution in [0.5, 0.6) is 11.9 Å². The molecule has 0 spiro atoms. The zero-order chi connectivity index (χ0) is 16.7. The number of hydrogen-bond donors (Lipinski definition) is 1. The van der Waals surface area contributed by atoms with Crippen molar-refractivity contribution in [1.82, 2.24) is 9.97 Å². The summed E-state index contributed by atoms with van der Waals surface area (Å²) in [6, 6.07) is 7.69. The highest BCUT2D eigenvalue weighted by atomic mass is 16.5. The molecule has 0 atom stereocenters. The van der Waals surface area contributed by atoms with Gasteiger partial charge in [-0.15, -0.1) is 0 Å². The van der Waals surface area contributed by atoms with E-state index in [2.05, 4.69) is 22.2 Å². The van der Waals surface area contributed by atoms with E-state index in [1.807, 2.05) is 26.0 Å². The molecule has 0 aliphatic rings. The number of aryl methyl sites for hydroxylation is 1. The first kappa shape index (κ1) is 16.7. The summed E-state index contributed by atoms with van der Waals surface area (Å²) in [6.07, 6.45) is 2.42. The summed E-state index contributed by atoms with van der Waals surface area (Å²) in [4.78, 5) is 20.5. The van der Waals surface area contributed by atoms with Crippen molar-refractivity contribution in [3.8, 4) is 11.9 Å². The van der Waals surface area contributed by atoms with Crippen LogP contribution in [0.2, 0.25) is 0 Å². The van der Waals surface area contributed by atoms with Crippen molar-refractivity contribution >= 4 is 11.6 Å². The summed E-state index contributed by atoms with van der Waals surface area (Å²) in [7, 11) is 0. The largest absolute Gasteiger partial charge is 0.476 e. The molecule has 0 unspecified atom stereocenters. The first-order valence-corrected chi connectivity index (χ1v) is 7.70. The fourth-order valence-electron chi connectivity index (χ4n) is 1.97. The van der Waals surface area contributed by atoms with E-state index in [-0.39, 0.29) is 11.9 Å². The Hall–Kier alpha value is -2.63. The quantitative estimate of drug-likeness (QED) is 0.850.